The third kappa shape index (κ3) is 39.7. The van der Waals surface area contributed by atoms with Gasteiger partial charge in [-0.15, -0.1) is 0 Å². The normalized spacial score (nSPS) is 13.8. The van der Waals surface area contributed by atoms with Crippen LogP contribution < -0.4 is 0 Å². The zero-order valence-corrected chi connectivity index (χ0v) is 35.8. The predicted octanol–water partition coefficient (Wildman–Crippen LogP) is 13.8. The van der Waals surface area contributed by atoms with Gasteiger partial charge in [0.15, 0.2) is 6.10 Å². The minimum Gasteiger partial charge on any atom is -0.462 e. The van der Waals surface area contributed by atoms with Crippen LogP contribution in [0.4, 0.5) is 0 Å². The highest BCUT2D eigenvalue weighted by atomic mass is 31.2. The molecule has 314 valence electrons. The van der Waals surface area contributed by atoms with Crippen LogP contribution in [0.1, 0.15) is 200 Å². The quantitative estimate of drug-likeness (QED) is 0.0283. The van der Waals surface area contributed by atoms with E-state index in [4.69, 9.17) is 14.0 Å². The first-order chi connectivity index (χ1) is 26.3. The summed E-state index contributed by atoms with van der Waals surface area (Å²) >= 11 is 0. The molecule has 1 N–H and O–H groups in total. The molecular formula is C45H81O8P. The first-order valence-corrected chi connectivity index (χ1v) is 23.3. The second-order valence-electron chi connectivity index (χ2n) is 14.5. The Morgan fingerprint density at radius 1 is 0.537 bits per heavy atom. The Hall–Kier alpha value is -1.99. The lowest BCUT2D eigenvalue weighted by Crippen LogP contribution is -2.29. The number of phosphoric ester groups is 1. The number of ether oxygens (including phenoxy) is 2. The summed E-state index contributed by atoms with van der Waals surface area (Å²) < 4.78 is 32.0. The van der Waals surface area contributed by atoms with Crippen molar-refractivity contribution < 1.29 is 37.6 Å². The summed E-state index contributed by atoms with van der Waals surface area (Å²) in [7, 11) is -3.20. The molecule has 0 saturated heterocycles. The summed E-state index contributed by atoms with van der Waals surface area (Å²) in [4.78, 5) is 34.5. The van der Waals surface area contributed by atoms with Gasteiger partial charge in [0.25, 0.3) is 0 Å². The fourth-order valence-electron chi connectivity index (χ4n) is 6.00. The van der Waals surface area contributed by atoms with Gasteiger partial charge in [-0.25, -0.2) is 4.57 Å². The van der Waals surface area contributed by atoms with Crippen LogP contribution >= 0.6 is 7.82 Å². The molecule has 0 amide bonds. The monoisotopic (exact) mass is 781 g/mol. The number of esters is 2. The van der Waals surface area contributed by atoms with Crippen molar-refractivity contribution in [2.24, 2.45) is 0 Å². The number of hydrogen-bond donors (Lipinski definition) is 1. The molecule has 0 aliphatic carbocycles. The van der Waals surface area contributed by atoms with Crippen molar-refractivity contribution in [3.05, 3.63) is 48.6 Å². The SMILES string of the molecule is CC/C=C\C/C=C\C/C=C\C/C=C\CCCCCCCCCCC(=O)OC(COC(=O)CCCCCCCCCCCCCCCC)COP(=O)(O)OC. The maximum atomic E-state index is 12.5. The minimum atomic E-state index is -4.26. The Morgan fingerprint density at radius 3 is 1.41 bits per heavy atom. The van der Waals surface area contributed by atoms with Crippen LogP contribution in [-0.2, 0) is 32.7 Å². The number of phosphoric acid groups is 1. The molecule has 54 heavy (non-hydrogen) atoms. The van der Waals surface area contributed by atoms with Crippen molar-refractivity contribution in [2.45, 2.75) is 206 Å². The van der Waals surface area contributed by atoms with E-state index in [0.717, 1.165) is 77.7 Å². The van der Waals surface area contributed by atoms with E-state index in [1.54, 1.807) is 0 Å². The average Bonchev–Trinajstić information content (AvgIpc) is 3.16. The molecule has 0 bridgehead atoms. The molecule has 0 aromatic heterocycles. The standard InChI is InChI=1S/C45H81O8P/c1-4-6-8-10-12-14-16-18-20-21-22-23-24-25-26-28-30-32-34-36-38-40-45(47)53-43(42-52-54(48,49)50-3)41-51-44(46)39-37-35-33-31-29-27-19-17-15-13-11-9-7-5-2/h6,8,12,14,18,20,22-23,43H,4-5,7,9-11,13,15-17,19,21,24-42H2,1-3H3,(H,48,49)/b8-6-,14-12-,20-18-,23-22-. The highest BCUT2D eigenvalue weighted by Crippen LogP contribution is 2.42. The molecular weight excluding hydrogens is 699 g/mol. The first kappa shape index (κ1) is 52.0. The van der Waals surface area contributed by atoms with Crippen LogP contribution in [0, 0.1) is 0 Å². The van der Waals surface area contributed by atoms with Crippen molar-refractivity contribution in [1.82, 2.24) is 0 Å². The van der Waals surface area contributed by atoms with Gasteiger partial charge >= 0.3 is 19.8 Å². The van der Waals surface area contributed by atoms with E-state index in [1.165, 1.54) is 96.3 Å². The summed E-state index contributed by atoms with van der Waals surface area (Å²) in [5, 5.41) is 0. The second kappa shape index (κ2) is 40.7. The Labute approximate surface area is 331 Å². The molecule has 0 rings (SSSR count). The fourth-order valence-corrected chi connectivity index (χ4v) is 6.46. The summed E-state index contributed by atoms with van der Waals surface area (Å²) in [6.07, 6.45) is 48.7. The van der Waals surface area contributed by atoms with Gasteiger partial charge in [-0.2, -0.15) is 0 Å². The molecule has 0 aromatic carbocycles. The maximum absolute atomic E-state index is 12.5. The Bertz CT molecular complexity index is 1020. The highest BCUT2D eigenvalue weighted by molar-refractivity contribution is 7.47. The summed E-state index contributed by atoms with van der Waals surface area (Å²) in [6, 6.07) is 0. The van der Waals surface area contributed by atoms with Crippen LogP contribution in [0.2, 0.25) is 0 Å². The van der Waals surface area contributed by atoms with Crippen molar-refractivity contribution in [1.29, 1.82) is 0 Å². The van der Waals surface area contributed by atoms with Crippen LogP contribution in [0.15, 0.2) is 48.6 Å². The smallest absolute Gasteiger partial charge is 0.462 e. The molecule has 8 nitrogen and oxygen atoms in total. The van der Waals surface area contributed by atoms with E-state index in [1.807, 2.05) is 0 Å². The summed E-state index contributed by atoms with van der Waals surface area (Å²) in [5.41, 5.74) is 0. The van der Waals surface area contributed by atoms with Crippen LogP contribution in [-0.4, -0.2) is 43.3 Å². The molecule has 9 heteroatoms. The van der Waals surface area contributed by atoms with Gasteiger partial charge in [0, 0.05) is 20.0 Å². The van der Waals surface area contributed by atoms with Gasteiger partial charge in [0.2, 0.25) is 0 Å². The van der Waals surface area contributed by atoms with Crippen LogP contribution in [0.5, 0.6) is 0 Å². The average molecular weight is 781 g/mol. The first-order valence-electron chi connectivity index (χ1n) is 21.8. The van der Waals surface area contributed by atoms with E-state index < -0.39 is 26.5 Å². The molecule has 0 fully saturated rings. The maximum Gasteiger partial charge on any atom is 0.472 e. The third-order valence-electron chi connectivity index (χ3n) is 9.34. The van der Waals surface area contributed by atoms with Crippen molar-refractivity contribution in [3.8, 4) is 0 Å². The lowest BCUT2D eigenvalue weighted by atomic mass is 10.0. The van der Waals surface area contributed by atoms with Gasteiger partial charge < -0.3 is 14.4 Å². The molecule has 2 atom stereocenters. The van der Waals surface area contributed by atoms with E-state index in [2.05, 4.69) is 67.0 Å². The third-order valence-corrected chi connectivity index (χ3v) is 10.3. The van der Waals surface area contributed by atoms with Gasteiger partial charge in [0.1, 0.15) is 6.61 Å². The zero-order chi connectivity index (χ0) is 39.6. The number of carbonyl (C=O) groups is 2. The van der Waals surface area contributed by atoms with Gasteiger partial charge in [-0.05, 0) is 51.4 Å². The molecule has 0 saturated carbocycles. The predicted molar refractivity (Wildman–Crippen MR) is 225 cm³/mol. The highest BCUT2D eigenvalue weighted by Gasteiger charge is 2.24. The Balaban J connectivity index is 3.99. The van der Waals surface area contributed by atoms with E-state index in [-0.39, 0.29) is 19.0 Å². The van der Waals surface area contributed by atoms with E-state index >= 15 is 0 Å². The number of allylic oxidation sites excluding steroid dienone is 8. The van der Waals surface area contributed by atoms with Gasteiger partial charge in [-0.3, -0.25) is 18.6 Å². The number of unbranched alkanes of at least 4 members (excludes halogenated alkanes) is 21. The van der Waals surface area contributed by atoms with Gasteiger partial charge in [0.05, 0.1) is 6.61 Å². The second-order valence-corrected chi connectivity index (χ2v) is 16.0. The van der Waals surface area contributed by atoms with Crippen molar-refractivity contribution in [3.63, 3.8) is 0 Å². The van der Waals surface area contributed by atoms with Gasteiger partial charge in [-0.1, -0.05) is 184 Å². The number of hydrogen-bond acceptors (Lipinski definition) is 7. The number of rotatable bonds is 40. The molecule has 0 aliphatic heterocycles. The molecule has 0 heterocycles. The summed E-state index contributed by atoms with van der Waals surface area (Å²) in [5.74, 6) is -0.809. The Kier molecular flexibility index (Phi) is 39.2. The minimum absolute atomic E-state index is 0.227. The molecule has 0 aromatic rings. The van der Waals surface area contributed by atoms with Crippen LogP contribution in [0.25, 0.3) is 0 Å². The number of carbonyl (C=O) groups excluding carboxylic acids is 2. The molecule has 0 spiro atoms. The molecule has 0 radical (unpaired) electrons. The molecule has 0 aliphatic rings. The van der Waals surface area contributed by atoms with Crippen molar-refractivity contribution in [2.75, 3.05) is 20.3 Å². The fraction of sp³-hybridized carbons (Fsp3) is 0.778. The largest absolute Gasteiger partial charge is 0.472 e. The Morgan fingerprint density at radius 2 is 0.944 bits per heavy atom. The molecule has 2 unspecified atom stereocenters. The van der Waals surface area contributed by atoms with Crippen molar-refractivity contribution >= 4 is 19.8 Å². The lowest BCUT2D eigenvalue weighted by molar-refractivity contribution is -0.161. The topological polar surface area (TPSA) is 108 Å². The lowest BCUT2D eigenvalue weighted by Gasteiger charge is -2.19. The van der Waals surface area contributed by atoms with Crippen LogP contribution in [0.3, 0.4) is 0 Å². The van der Waals surface area contributed by atoms with E-state index in [9.17, 15) is 19.0 Å². The van der Waals surface area contributed by atoms with E-state index in [0.29, 0.717) is 12.8 Å². The zero-order valence-electron chi connectivity index (χ0n) is 34.9. The summed E-state index contributed by atoms with van der Waals surface area (Å²) in [6.45, 7) is 3.78.